The van der Waals surface area contributed by atoms with Crippen molar-refractivity contribution in [3.8, 4) is 0 Å². The second-order valence-electron chi connectivity index (χ2n) is 6.81. The molecule has 6 nitrogen and oxygen atoms in total. The Morgan fingerprint density at radius 3 is 2.55 bits per heavy atom. The van der Waals surface area contributed by atoms with Gasteiger partial charge in [-0.2, -0.15) is 0 Å². The maximum atomic E-state index is 12.7. The summed E-state index contributed by atoms with van der Waals surface area (Å²) in [7, 11) is 0. The van der Waals surface area contributed by atoms with Crippen molar-refractivity contribution < 1.29 is 19.5 Å². The summed E-state index contributed by atoms with van der Waals surface area (Å²) in [5.41, 5.74) is 0. The van der Waals surface area contributed by atoms with Crippen LogP contribution in [0.4, 0.5) is 0 Å². The molecule has 0 bridgehead atoms. The summed E-state index contributed by atoms with van der Waals surface area (Å²) >= 11 is 0. The molecule has 122 valence electrons. The van der Waals surface area contributed by atoms with Crippen LogP contribution in [0.5, 0.6) is 0 Å². The summed E-state index contributed by atoms with van der Waals surface area (Å²) in [5, 5.41) is 8.97. The summed E-state index contributed by atoms with van der Waals surface area (Å²) < 4.78 is 0. The van der Waals surface area contributed by atoms with Gasteiger partial charge in [-0.3, -0.25) is 14.4 Å². The summed E-state index contributed by atoms with van der Waals surface area (Å²) in [6, 6.07) is 0.124. The fourth-order valence-corrected chi connectivity index (χ4v) is 4.24. The van der Waals surface area contributed by atoms with Gasteiger partial charge in [0.15, 0.2) is 0 Å². The number of carbonyl (C=O) groups is 3. The van der Waals surface area contributed by atoms with Crippen molar-refractivity contribution >= 4 is 17.8 Å². The zero-order chi connectivity index (χ0) is 15.7. The van der Waals surface area contributed by atoms with E-state index in [0.717, 1.165) is 25.7 Å². The minimum Gasteiger partial charge on any atom is -0.481 e. The van der Waals surface area contributed by atoms with Crippen molar-refractivity contribution in [2.75, 3.05) is 13.1 Å². The van der Waals surface area contributed by atoms with Crippen LogP contribution in [0.15, 0.2) is 0 Å². The predicted molar refractivity (Wildman–Crippen MR) is 79.1 cm³/mol. The molecule has 2 heterocycles. The molecule has 2 atom stereocenters. The highest BCUT2D eigenvalue weighted by molar-refractivity contribution is 5.90. The highest BCUT2D eigenvalue weighted by Crippen LogP contribution is 2.31. The van der Waals surface area contributed by atoms with Crippen molar-refractivity contribution in [1.82, 2.24) is 9.80 Å². The van der Waals surface area contributed by atoms with Crippen LogP contribution >= 0.6 is 0 Å². The molecule has 2 unspecified atom stereocenters. The predicted octanol–water partition coefficient (Wildman–Crippen LogP) is 1.24. The van der Waals surface area contributed by atoms with Gasteiger partial charge in [-0.1, -0.05) is 12.8 Å². The second-order valence-corrected chi connectivity index (χ2v) is 6.81. The molecule has 1 N–H and O–H groups in total. The number of amides is 2. The third-order valence-corrected chi connectivity index (χ3v) is 5.34. The Balaban J connectivity index is 1.62. The fraction of sp³-hybridized carbons (Fsp3) is 0.812. The van der Waals surface area contributed by atoms with Gasteiger partial charge >= 0.3 is 5.97 Å². The van der Waals surface area contributed by atoms with E-state index >= 15 is 0 Å². The lowest BCUT2D eigenvalue weighted by atomic mass is 10.1. The van der Waals surface area contributed by atoms with E-state index in [9.17, 15) is 14.4 Å². The summed E-state index contributed by atoms with van der Waals surface area (Å²) in [6.45, 7) is 1.16. The third kappa shape index (κ3) is 2.96. The van der Waals surface area contributed by atoms with Crippen LogP contribution < -0.4 is 0 Å². The third-order valence-electron chi connectivity index (χ3n) is 5.34. The number of nitrogens with zero attached hydrogens (tertiary/aromatic N) is 2. The second kappa shape index (κ2) is 6.26. The van der Waals surface area contributed by atoms with Crippen molar-refractivity contribution in [3.05, 3.63) is 0 Å². The number of likely N-dealkylation sites (tertiary alicyclic amines) is 2. The van der Waals surface area contributed by atoms with Gasteiger partial charge in [-0.05, 0) is 25.7 Å². The molecule has 1 saturated carbocycles. The van der Waals surface area contributed by atoms with Gasteiger partial charge in [0.25, 0.3) is 0 Å². The Labute approximate surface area is 130 Å². The van der Waals surface area contributed by atoms with E-state index in [2.05, 4.69) is 0 Å². The first kappa shape index (κ1) is 15.3. The molecule has 0 aromatic heterocycles. The van der Waals surface area contributed by atoms with Crippen LogP contribution in [-0.4, -0.2) is 57.9 Å². The van der Waals surface area contributed by atoms with Gasteiger partial charge in [0.2, 0.25) is 11.8 Å². The van der Waals surface area contributed by atoms with Crippen LogP contribution in [0.2, 0.25) is 0 Å². The first-order valence-electron chi connectivity index (χ1n) is 8.38. The molecular formula is C16H24N2O4. The number of carboxylic acids is 1. The first-order valence-corrected chi connectivity index (χ1v) is 8.38. The average Bonchev–Trinajstić information content (AvgIpc) is 3.16. The number of rotatable bonds is 4. The fourth-order valence-electron chi connectivity index (χ4n) is 4.24. The van der Waals surface area contributed by atoms with E-state index in [0.29, 0.717) is 25.6 Å². The van der Waals surface area contributed by atoms with Crippen LogP contribution in [0, 0.1) is 5.92 Å². The van der Waals surface area contributed by atoms with Gasteiger partial charge in [0.05, 0.1) is 12.3 Å². The highest BCUT2D eigenvalue weighted by atomic mass is 16.4. The quantitative estimate of drug-likeness (QED) is 0.847. The molecule has 2 amide bonds. The molecule has 3 fully saturated rings. The van der Waals surface area contributed by atoms with Gasteiger partial charge < -0.3 is 14.9 Å². The molecular weight excluding hydrogens is 284 g/mol. The molecule has 2 aliphatic heterocycles. The maximum absolute atomic E-state index is 12.7. The lowest BCUT2D eigenvalue weighted by molar-refractivity contribution is -0.141. The Kier molecular flexibility index (Phi) is 4.36. The highest BCUT2D eigenvalue weighted by Gasteiger charge is 2.42. The van der Waals surface area contributed by atoms with Crippen LogP contribution in [0.3, 0.4) is 0 Å². The standard InChI is InChI=1S/C16H24N2O4/c19-14-8-11(10-18(14)12-4-1-2-5-12)16(22)17-7-3-6-13(17)9-15(20)21/h11-13H,1-10H2,(H,20,21). The minimum atomic E-state index is -0.861. The summed E-state index contributed by atoms with van der Waals surface area (Å²) in [6.07, 6.45) is 6.36. The van der Waals surface area contributed by atoms with E-state index in [1.807, 2.05) is 4.90 Å². The number of aliphatic carboxylic acids is 1. The number of hydrogen-bond acceptors (Lipinski definition) is 3. The molecule has 2 saturated heterocycles. The molecule has 3 aliphatic rings. The van der Waals surface area contributed by atoms with Crippen molar-refractivity contribution in [2.45, 2.75) is 63.5 Å². The van der Waals surface area contributed by atoms with Crippen LogP contribution in [0.1, 0.15) is 51.4 Å². The van der Waals surface area contributed by atoms with E-state index in [1.54, 1.807) is 4.90 Å². The molecule has 22 heavy (non-hydrogen) atoms. The first-order chi connectivity index (χ1) is 10.6. The molecule has 0 spiro atoms. The van der Waals surface area contributed by atoms with E-state index in [4.69, 9.17) is 5.11 Å². The molecule has 0 aromatic carbocycles. The van der Waals surface area contributed by atoms with E-state index in [1.165, 1.54) is 12.8 Å². The van der Waals surface area contributed by atoms with Crippen LogP contribution in [0.25, 0.3) is 0 Å². The minimum absolute atomic E-state index is 0.0126. The molecule has 0 radical (unpaired) electrons. The molecule has 0 aromatic rings. The summed E-state index contributed by atoms with van der Waals surface area (Å²) in [5.74, 6) is -1.06. The number of carbonyl (C=O) groups excluding carboxylic acids is 2. The zero-order valence-corrected chi connectivity index (χ0v) is 12.9. The van der Waals surface area contributed by atoms with Gasteiger partial charge in [-0.25, -0.2) is 0 Å². The normalized spacial score (nSPS) is 29.5. The maximum Gasteiger partial charge on any atom is 0.305 e. The SMILES string of the molecule is O=C(O)CC1CCCN1C(=O)C1CC(=O)N(C2CCCC2)C1. The molecule has 6 heteroatoms. The van der Waals surface area contributed by atoms with Crippen molar-refractivity contribution in [2.24, 2.45) is 5.92 Å². The average molecular weight is 308 g/mol. The topological polar surface area (TPSA) is 77.9 Å². The van der Waals surface area contributed by atoms with Crippen molar-refractivity contribution in [3.63, 3.8) is 0 Å². The van der Waals surface area contributed by atoms with E-state index < -0.39 is 5.97 Å². The van der Waals surface area contributed by atoms with Crippen molar-refractivity contribution in [1.29, 1.82) is 0 Å². The Morgan fingerprint density at radius 1 is 1.14 bits per heavy atom. The Bertz CT molecular complexity index is 473. The van der Waals surface area contributed by atoms with Crippen LogP contribution in [-0.2, 0) is 14.4 Å². The monoisotopic (exact) mass is 308 g/mol. The lowest BCUT2D eigenvalue weighted by Gasteiger charge is -2.27. The summed E-state index contributed by atoms with van der Waals surface area (Å²) in [4.78, 5) is 39.4. The largest absolute Gasteiger partial charge is 0.481 e. The lowest BCUT2D eigenvalue weighted by Crippen LogP contribution is -2.42. The Hall–Kier alpha value is -1.59. The van der Waals surface area contributed by atoms with Gasteiger partial charge in [0.1, 0.15) is 0 Å². The zero-order valence-electron chi connectivity index (χ0n) is 12.9. The van der Waals surface area contributed by atoms with Gasteiger partial charge in [0, 0.05) is 31.6 Å². The Morgan fingerprint density at radius 2 is 1.86 bits per heavy atom. The number of carboxylic acid groups (broad SMARTS) is 1. The molecule has 3 rings (SSSR count). The van der Waals surface area contributed by atoms with E-state index in [-0.39, 0.29) is 30.2 Å². The smallest absolute Gasteiger partial charge is 0.305 e. The molecule has 1 aliphatic carbocycles. The number of hydrogen-bond donors (Lipinski definition) is 1. The van der Waals surface area contributed by atoms with Gasteiger partial charge in [-0.15, -0.1) is 0 Å².